The first-order chi connectivity index (χ1) is 9.56. The maximum Gasteiger partial charge on any atom is 0.265 e. The van der Waals surface area contributed by atoms with E-state index in [0.717, 1.165) is 18.7 Å². The van der Waals surface area contributed by atoms with Gasteiger partial charge in [0.25, 0.3) is 5.91 Å². The smallest absolute Gasteiger partial charge is 0.265 e. The Labute approximate surface area is 129 Å². The van der Waals surface area contributed by atoms with Crippen LogP contribution in [0, 0.1) is 0 Å². The van der Waals surface area contributed by atoms with E-state index in [1.807, 2.05) is 18.2 Å². The van der Waals surface area contributed by atoms with Crippen molar-refractivity contribution in [3.8, 4) is 0 Å². The van der Waals surface area contributed by atoms with Crippen LogP contribution in [0.2, 0.25) is 0 Å². The van der Waals surface area contributed by atoms with E-state index < -0.39 is 0 Å². The standard InChI is InChI=1S/C15H18N2OS2/c1-4-17(5-2)12-8-6-11(7-9-12)10-13-14(18)16(3)15(19)20-13/h6-10H,4-5H2,1-3H3/b13-10+. The zero-order chi connectivity index (χ0) is 14.7. The first-order valence-corrected chi connectivity index (χ1v) is 7.85. The number of hydrogen-bond donors (Lipinski definition) is 0. The van der Waals surface area contributed by atoms with Gasteiger partial charge in [-0.25, -0.2) is 0 Å². The maximum absolute atomic E-state index is 11.9. The van der Waals surface area contributed by atoms with Crippen molar-refractivity contribution in [3.05, 3.63) is 34.7 Å². The van der Waals surface area contributed by atoms with Gasteiger partial charge in [0.2, 0.25) is 0 Å². The van der Waals surface area contributed by atoms with Crippen LogP contribution in [0.15, 0.2) is 29.2 Å². The predicted octanol–water partition coefficient (Wildman–Crippen LogP) is 3.36. The number of thioether (sulfide) groups is 1. The largest absolute Gasteiger partial charge is 0.372 e. The number of likely N-dealkylation sites (N-methyl/N-ethyl adjacent to an activating group) is 1. The van der Waals surface area contributed by atoms with Gasteiger partial charge in [-0.1, -0.05) is 36.1 Å². The van der Waals surface area contributed by atoms with Gasteiger partial charge in [-0.3, -0.25) is 9.69 Å². The van der Waals surface area contributed by atoms with Crippen LogP contribution >= 0.6 is 24.0 Å². The molecule has 1 saturated heterocycles. The molecular formula is C15H18N2OS2. The fraction of sp³-hybridized carbons (Fsp3) is 0.333. The molecule has 0 spiro atoms. The van der Waals surface area contributed by atoms with Gasteiger partial charge in [-0.2, -0.15) is 0 Å². The lowest BCUT2D eigenvalue weighted by Crippen LogP contribution is -2.22. The van der Waals surface area contributed by atoms with Crippen molar-refractivity contribution in [1.82, 2.24) is 4.90 Å². The van der Waals surface area contributed by atoms with Crippen LogP contribution in [-0.4, -0.2) is 35.3 Å². The summed E-state index contributed by atoms with van der Waals surface area (Å²) >= 11 is 6.47. The van der Waals surface area contributed by atoms with Crippen molar-refractivity contribution < 1.29 is 4.79 Å². The predicted molar refractivity (Wildman–Crippen MR) is 90.9 cm³/mol. The topological polar surface area (TPSA) is 23.6 Å². The molecule has 0 bridgehead atoms. The van der Waals surface area contributed by atoms with Crippen molar-refractivity contribution in [2.75, 3.05) is 25.0 Å². The molecular weight excluding hydrogens is 288 g/mol. The first kappa shape index (κ1) is 15.1. The van der Waals surface area contributed by atoms with Gasteiger partial charge in [-0.15, -0.1) is 0 Å². The summed E-state index contributed by atoms with van der Waals surface area (Å²) < 4.78 is 0.612. The molecule has 0 atom stereocenters. The second-order valence-electron chi connectivity index (χ2n) is 4.50. The summed E-state index contributed by atoms with van der Waals surface area (Å²) in [5, 5.41) is 0. The summed E-state index contributed by atoms with van der Waals surface area (Å²) in [5.41, 5.74) is 2.23. The molecule has 1 heterocycles. The molecule has 106 valence electrons. The van der Waals surface area contributed by atoms with E-state index in [-0.39, 0.29) is 5.91 Å². The average molecular weight is 306 g/mol. The summed E-state index contributed by atoms with van der Waals surface area (Å²) in [5.74, 6) is -0.0205. The minimum absolute atomic E-state index is 0.0205. The third-order valence-electron chi connectivity index (χ3n) is 3.31. The number of thiocarbonyl (C=S) groups is 1. The highest BCUT2D eigenvalue weighted by molar-refractivity contribution is 8.26. The molecule has 1 amide bonds. The van der Waals surface area contributed by atoms with Crippen LogP contribution in [0.4, 0.5) is 5.69 Å². The summed E-state index contributed by atoms with van der Waals surface area (Å²) in [6.07, 6.45) is 1.90. The molecule has 0 radical (unpaired) electrons. The zero-order valence-corrected chi connectivity index (χ0v) is 13.6. The number of rotatable bonds is 4. The van der Waals surface area contributed by atoms with Crippen LogP contribution in [0.3, 0.4) is 0 Å². The van der Waals surface area contributed by atoms with Crippen LogP contribution in [0.5, 0.6) is 0 Å². The van der Waals surface area contributed by atoms with E-state index in [0.29, 0.717) is 9.23 Å². The van der Waals surface area contributed by atoms with Crippen LogP contribution in [0.1, 0.15) is 19.4 Å². The fourth-order valence-electron chi connectivity index (χ4n) is 2.07. The Bertz CT molecular complexity index is 547. The highest BCUT2D eigenvalue weighted by Crippen LogP contribution is 2.31. The summed E-state index contributed by atoms with van der Waals surface area (Å²) in [6.45, 7) is 6.27. The Morgan fingerprint density at radius 3 is 2.30 bits per heavy atom. The first-order valence-electron chi connectivity index (χ1n) is 6.63. The SMILES string of the molecule is CCN(CC)c1ccc(/C=C2/SC(=S)N(C)C2=O)cc1. The number of carbonyl (C=O) groups excluding carboxylic acids is 1. The second-order valence-corrected chi connectivity index (χ2v) is 6.18. The lowest BCUT2D eigenvalue weighted by atomic mass is 10.1. The van der Waals surface area contributed by atoms with Crippen molar-refractivity contribution in [2.45, 2.75) is 13.8 Å². The van der Waals surface area contributed by atoms with Crippen molar-refractivity contribution in [2.24, 2.45) is 0 Å². The molecule has 0 saturated carbocycles. The van der Waals surface area contributed by atoms with Gasteiger partial charge in [-0.05, 0) is 37.6 Å². The average Bonchev–Trinajstić information content (AvgIpc) is 2.69. The van der Waals surface area contributed by atoms with Crippen LogP contribution in [0.25, 0.3) is 6.08 Å². The molecule has 1 aliphatic heterocycles. The van der Waals surface area contributed by atoms with Gasteiger partial charge >= 0.3 is 0 Å². The second kappa shape index (κ2) is 6.41. The monoisotopic (exact) mass is 306 g/mol. The highest BCUT2D eigenvalue weighted by atomic mass is 32.2. The molecule has 1 aromatic carbocycles. The quantitative estimate of drug-likeness (QED) is 0.628. The summed E-state index contributed by atoms with van der Waals surface area (Å²) in [6, 6.07) is 8.25. The van der Waals surface area contributed by atoms with Crippen LogP contribution in [-0.2, 0) is 4.79 Å². The molecule has 3 nitrogen and oxygen atoms in total. The molecule has 20 heavy (non-hydrogen) atoms. The van der Waals surface area contributed by atoms with Gasteiger partial charge < -0.3 is 4.90 Å². The number of nitrogens with zero attached hydrogens (tertiary/aromatic N) is 2. The van der Waals surface area contributed by atoms with Crippen molar-refractivity contribution in [1.29, 1.82) is 0 Å². The molecule has 0 N–H and O–H groups in total. The summed E-state index contributed by atoms with van der Waals surface area (Å²) in [4.78, 5) is 16.4. The van der Waals surface area contributed by atoms with Gasteiger partial charge in [0, 0.05) is 25.8 Å². The number of carbonyl (C=O) groups is 1. The Hall–Kier alpha value is -1.33. The third-order valence-corrected chi connectivity index (χ3v) is 4.79. The lowest BCUT2D eigenvalue weighted by molar-refractivity contribution is -0.121. The Morgan fingerprint density at radius 1 is 1.25 bits per heavy atom. The van der Waals surface area contributed by atoms with Crippen molar-refractivity contribution in [3.63, 3.8) is 0 Å². The fourth-order valence-corrected chi connectivity index (χ4v) is 3.25. The maximum atomic E-state index is 11.9. The van der Waals surface area contributed by atoms with E-state index >= 15 is 0 Å². The molecule has 1 aromatic rings. The highest BCUT2D eigenvalue weighted by Gasteiger charge is 2.28. The summed E-state index contributed by atoms with van der Waals surface area (Å²) in [7, 11) is 1.71. The molecule has 1 fully saturated rings. The van der Waals surface area contributed by atoms with E-state index in [1.54, 1.807) is 7.05 Å². The zero-order valence-electron chi connectivity index (χ0n) is 11.9. The van der Waals surface area contributed by atoms with E-state index in [1.165, 1.54) is 22.3 Å². The minimum Gasteiger partial charge on any atom is -0.372 e. The number of benzene rings is 1. The Balaban J connectivity index is 2.19. The van der Waals surface area contributed by atoms with Gasteiger partial charge in [0.15, 0.2) is 0 Å². The minimum atomic E-state index is -0.0205. The molecule has 5 heteroatoms. The van der Waals surface area contributed by atoms with E-state index in [2.05, 4.69) is 30.9 Å². The molecule has 0 aliphatic carbocycles. The van der Waals surface area contributed by atoms with Gasteiger partial charge in [0.1, 0.15) is 4.32 Å². The van der Waals surface area contributed by atoms with E-state index in [4.69, 9.17) is 12.2 Å². The Morgan fingerprint density at radius 2 is 1.85 bits per heavy atom. The van der Waals surface area contributed by atoms with Crippen LogP contribution < -0.4 is 4.90 Å². The molecule has 0 aromatic heterocycles. The van der Waals surface area contributed by atoms with Crippen molar-refractivity contribution >= 4 is 46.0 Å². The lowest BCUT2D eigenvalue weighted by Gasteiger charge is -2.20. The van der Waals surface area contributed by atoms with Gasteiger partial charge in [0.05, 0.1) is 4.91 Å². The number of hydrogen-bond acceptors (Lipinski definition) is 4. The molecule has 2 rings (SSSR count). The Kier molecular flexibility index (Phi) is 4.83. The third kappa shape index (κ3) is 3.04. The number of amides is 1. The molecule has 0 unspecified atom stereocenters. The normalized spacial score (nSPS) is 17.1. The number of anilines is 1. The van der Waals surface area contributed by atoms with E-state index in [9.17, 15) is 4.79 Å². The molecule has 1 aliphatic rings.